The summed E-state index contributed by atoms with van der Waals surface area (Å²) in [6.45, 7) is 6.01. The lowest BCUT2D eigenvalue weighted by Gasteiger charge is -2.31. The van der Waals surface area contributed by atoms with Crippen molar-refractivity contribution in [2.45, 2.75) is 222 Å². The number of aromatic amines is 3. The van der Waals surface area contributed by atoms with Crippen LogP contribution in [-0.2, 0) is 106 Å². The van der Waals surface area contributed by atoms with Gasteiger partial charge in [-0.3, -0.25) is 86.3 Å². The summed E-state index contributed by atoms with van der Waals surface area (Å²) in [4.78, 5) is 280. The molecule has 0 spiro atoms. The molecular weight excluding hydrogens is 1650 g/mol. The van der Waals surface area contributed by atoms with Crippen LogP contribution in [0.25, 0.3) is 0 Å². The molecule has 0 saturated carbocycles. The minimum absolute atomic E-state index is 0.00696. The lowest BCUT2D eigenvalue weighted by atomic mass is 9.96. The number of H-pyrrole nitrogens is 3. The van der Waals surface area contributed by atoms with E-state index in [-0.39, 0.29) is 108 Å². The maximum Gasteiger partial charge on any atom is 0.303 e. The number of carbonyl (C=O) groups excluding carboxylic acids is 16. The first kappa shape index (κ1) is 96.5. The molecule has 3 aromatic rings. The minimum atomic E-state index is -1.88. The van der Waals surface area contributed by atoms with Gasteiger partial charge in [0, 0.05) is 104 Å². The number of aliphatic hydroxyl groups excluding tert-OH is 1. The number of imidazole rings is 3. The molecule has 0 unspecified atom stereocenters. The predicted molar refractivity (Wildman–Crippen MR) is 434 cm³/mol. The van der Waals surface area contributed by atoms with Gasteiger partial charge in [-0.15, -0.1) is 0 Å². The summed E-state index contributed by atoms with van der Waals surface area (Å²) >= 11 is 0. The topological polar surface area (TPSA) is 669 Å². The monoisotopic (exact) mass is 1760 g/mol. The smallest absolute Gasteiger partial charge is 0.303 e. The zero-order valence-corrected chi connectivity index (χ0v) is 70.0. The van der Waals surface area contributed by atoms with E-state index in [9.17, 15) is 77.6 Å². The SMILES string of the molecule is CC[C@H](C)[C@@H]1NC(=O)[C@H](Cc2cnc[nH]2)NC(=O)[C@@H]2CSSC[C@H](NC(=O)CN)C(=O)N[C@@H](CSSC[C@@H](C(N)=O)NC(=O)[C@H](CC(C)C)NC(=O)[C@H](CCC(=O)O)NC(=O)[C@@H]3CCCN3C(=O)[C@H](Cc3cnc[nH]3)NC(=O)[C@H](CCCCC(=O)O)NC1=O)C(=O)N[C@@H](CO)C(=O)N[C@@H](Cc1cnc[nH]1)C(=O)N1CCC[C@H]1C(=O)N[C@@H](C)C(=O)N2. The second kappa shape index (κ2) is 48.0. The van der Waals surface area contributed by atoms with Crippen molar-refractivity contribution in [1.82, 2.24) is 109 Å². The Kier molecular flexibility index (Phi) is 38.6. The molecule has 48 heteroatoms. The highest BCUT2D eigenvalue weighted by Crippen LogP contribution is 2.28. The summed E-state index contributed by atoms with van der Waals surface area (Å²) in [6, 6.07) is -23.8. The molecule has 2 bridgehead atoms. The molecule has 660 valence electrons. The van der Waals surface area contributed by atoms with E-state index in [0.29, 0.717) is 11.4 Å². The van der Waals surface area contributed by atoms with Gasteiger partial charge in [-0.1, -0.05) is 83.7 Å². The van der Waals surface area contributed by atoms with E-state index in [1.54, 1.807) is 27.7 Å². The van der Waals surface area contributed by atoms with Crippen molar-refractivity contribution in [1.29, 1.82) is 0 Å². The molecule has 4 saturated heterocycles. The number of rotatable bonds is 22. The van der Waals surface area contributed by atoms with E-state index in [4.69, 9.17) is 11.5 Å². The number of carboxylic acid groups (broad SMARTS) is 2. The Morgan fingerprint density at radius 2 is 0.942 bits per heavy atom. The lowest BCUT2D eigenvalue weighted by Crippen LogP contribution is -2.62. The molecule has 0 radical (unpaired) electrons. The fourth-order valence-corrected chi connectivity index (χ4v) is 18.0. The van der Waals surface area contributed by atoms with Crippen LogP contribution < -0.4 is 80.6 Å². The first-order valence-electron chi connectivity index (χ1n) is 39.2. The third-order valence-electron chi connectivity index (χ3n) is 20.1. The molecule has 16 amide bonds. The zero-order valence-electron chi connectivity index (χ0n) is 66.8. The van der Waals surface area contributed by atoms with Crippen molar-refractivity contribution in [2.24, 2.45) is 23.3 Å². The standard InChI is InChI=1S/C72H107N23O21S4/c1-6-36(4)57-70(114)84-41(11-7-8-14-55(98)99)60(104)87-45(21-39-25-76-33-79-39)71(115)95-18-10-13-53(95)69(113)83-42(15-16-56(100)101)61(105)85-43(19-35(2)3)62(106)90-48(58(74)102)28-117-119-31-51-67(111)89-47(27-96)64(108)88-46(22-40-26-77-34-80-40)72(116)94-17-9-12-52(94)68(112)81-37(5)59(103)91-50(30-120-118-29-49(65(109)92-51)82-54(97)23-73)66(110)86-44(63(107)93-57)20-38-24-75-32-78-38/h24-26,32-37,41-53,57,96H,6-23,27-31,73H2,1-5H3,(H2,74,102)(H,75,78)(H,76,79)(H,77,80)(H,81,112)(H,82,97)(H,83,113)(H,84,114)(H,85,105)(H,86,110)(H,87,104)(H,88,108)(H,89,111)(H,90,106)(H,91,103)(H,92,109)(H,93,107)(H,98,99)(H,100,101)/t36-,37-,41-,42-,43-,44-,45-,46-,47-,48-,49-,50-,51-,52-,53-,57-/m0/s1. The minimum Gasteiger partial charge on any atom is -0.481 e. The predicted octanol–water partition coefficient (Wildman–Crippen LogP) is -5.98. The van der Waals surface area contributed by atoms with E-state index >= 15 is 24.0 Å². The molecule has 7 heterocycles. The van der Waals surface area contributed by atoms with E-state index in [2.05, 4.69) is 99.0 Å². The van der Waals surface area contributed by atoms with Gasteiger partial charge in [-0.05, 0) is 70.1 Å². The van der Waals surface area contributed by atoms with E-state index in [1.165, 1.54) is 49.4 Å². The van der Waals surface area contributed by atoms with Gasteiger partial charge in [-0.25, -0.2) is 15.0 Å². The Morgan fingerprint density at radius 3 is 1.43 bits per heavy atom. The number of carboxylic acids is 2. The van der Waals surface area contributed by atoms with E-state index in [0.717, 1.165) is 48.1 Å². The number of hydrogen-bond acceptors (Lipinski definition) is 27. The third kappa shape index (κ3) is 29.7. The molecule has 4 aliphatic heterocycles. The largest absolute Gasteiger partial charge is 0.481 e. The number of aliphatic carboxylic acids is 2. The Balaban J connectivity index is 1.34. The summed E-state index contributed by atoms with van der Waals surface area (Å²) in [5.41, 5.74) is 12.5. The van der Waals surface area contributed by atoms with Gasteiger partial charge in [0.05, 0.1) is 32.1 Å². The van der Waals surface area contributed by atoms with Crippen molar-refractivity contribution in [3.63, 3.8) is 0 Å². The molecule has 44 nitrogen and oxygen atoms in total. The Bertz CT molecular complexity index is 4080. The number of aliphatic hydroxyl groups is 1. The number of carbonyl (C=O) groups is 18. The zero-order chi connectivity index (χ0) is 87.9. The van der Waals surface area contributed by atoms with Crippen molar-refractivity contribution >= 4 is 150 Å². The van der Waals surface area contributed by atoms with Gasteiger partial charge in [0.25, 0.3) is 0 Å². The molecule has 16 atom stereocenters. The highest BCUT2D eigenvalue weighted by atomic mass is 33.1. The molecule has 120 heavy (non-hydrogen) atoms. The highest BCUT2D eigenvalue weighted by molar-refractivity contribution is 8.77. The number of aromatic nitrogens is 6. The van der Waals surface area contributed by atoms with Gasteiger partial charge in [0.2, 0.25) is 94.5 Å². The number of amides is 16. The van der Waals surface area contributed by atoms with Crippen molar-refractivity contribution < 1.29 is 102 Å². The number of primary amides is 1. The Morgan fingerprint density at radius 1 is 0.500 bits per heavy atom. The van der Waals surface area contributed by atoms with Crippen molar-refractivity contribution in [3.05, 3.63) is 54.7 Å². The van der Waals surface area contributed by atoms with Gasteiger partial charge in [0.1, 0.15) is 90.6 Å². The summed E-state index contributed by atoms with van der Waals surface area (Å²) in [5, 5.41) is 63.9. The van der Waals surface area contributed by atoms with Crippen LogP contribution in [0.1, 0.15) is 129 Å². The van der Waals surface area contributed by atoms with Gasteiger partial charge in [0.15, 0.2) is 0 Å². The van der Waals surface area contributed by atoms with Crippen LogP contribution in [0.4, 0.5) is 0 Å². The quantitative estimate of drug-likeness (QED) is 0.0329. The molecule has 4 fully saturated rings. The molecule has 7 rings (SSSR count). The molecule has 4 aliphatic rings. The Labute approximate surface area is 705 Å². The first-order chi connectivity index (χ1) is 57.2. The molecule has 23 N–H and O–H groups in total. The van der Waals surface area contributed by atoms with Crippen LogP contribution in [0.3, 0.4) is 0 Å². The van der Waals surface area contributed by atoms with Gasteiger partial charge in [-0.2, -0.15) is 0 Å². The number of nitrogens with one attached hydrogen (secondary N) is 16. The highest BCUT2D eigenvalue weighted by Gasteiger charge is 2.44. The number of nitrogens with two attached hydrogens (primary N) is 2. The maximum atomic E-state index is 15.2. The number of fused-ring (bicyclic) bond motifs is 10. The first-order valence-corrected chi connectivity index (χ1v) is 44.2. The summed E-state index contributed by atoms with van der Waals surface area (Å²) < 4.78 is 0. The molecular formula is C72H107N23O21S4. The number of hydrogen-bond donors (Lipinski definition) is 21. The average Bonchev–Trinajstić information content (AvgIpc) is 1.61. The van der Waals surface area contributed by atoms with E-state index in [1.807, 2.05) is 0 Å². The summed E-state index contributed by atoms with van der Waals surface area (Å²) in [7, 11) is 3.30. The molecule has 0 aromatic carbocycles. The van der Waals surface area contributed by atoms with Gasteiger partial charge < -0.3 is 121 Å². The summed E-state index contributed by atoms with van der Waals surface area (Å²) in [6.07, 6.45) is 5.57. The van der Waals surface area contributed by atoms with Crippen LogP contribution >= 0.6 is 43.2 Å². The van der Waals surface area contributed by atoms with Crippen LogP contribution in [0.2, 0.25) is 0 Å². The number of unbranched alkanes of at least 4 members (excludes halogenated alkanes) is 1. The maximum absolute atomic E-state index is 15.2. The second-order valence-corrected chi connectivity index (χ2v) is 34.8. The third-order valence-corrected chi connectivity index (χ3v) is 24.9. The molecule has 0 aliphatic carbocycles. The average molecular weight is 1760 g/mol. The van der Waals surface area contributed by atoms with Crippen LogP contribution in [0, 0.1) is 11.8 Å². The fraction of sp³-hybridized carbons (Fsp3) is 0.625. The fourth-order valence-electron chi connectivity index (χ4n) is 13.3. The van der Waals surface area contributed by atoms with Crippen LogP contribution in [0.15, 0.2) is 37.6 Å². The van der Waals surface area contributed by atoms with Gasteiger partial charge >= 0.3 is 11.9 Å². The lowest BCUT2D eigenvalue weighted by molar-refractivity contribution is -0.143. The Hall–Kier alpha value is -10.6. The van der Waals surface area contributed by atoms with Crippen LogP contribution in [0.5, 0.6) is 0 Å². The van der Waals surface area contributed by atoms with E-state index < -0.39 is 252 Å². The van der Waals surface area contributed by atoms with Crippen molar-refractivity contribution in [2.75, 3.05) is 49.3 Å². The second-order valence-electron chi connectivity index (χ2n) is 29.7. The molecule has 3 aromatic heterocycles. The summed E-state index contributed by atoms with van der Waals surface area (Å²) in [5.74, 6) is -21.3. The number of nitrogens with zero attached hydrogens (tertiary/aromatic N) is 5. The van der Waals surface area contributed by atoms with Crippen LogP contribution in [-0.4, -0.2) is 301 Å². The van der Waals surface area contributed by atoms with Crippen molar-refractivity contribution in [3.8, 4) is 0 Å². The normalized spacial score (nSPS) is 27.1.